The first-order valence-corrected chi connectivity index (χ1v) is 11.1. The highest BCUT2D eigenvalue weighted by Crippen LogP contribution is 2.24. The molecule has 0 saturated carbocycles. The molecule has 8 heteroatoms. The van der Waals surface area contributed by atoms with Crippen LogP contribution in [0, 0.1) is 0 Å². The van der Waals surface area contributed by atoms with Gasteiger partial charge in [0.05, 0.1) is 16.3 Å². The van der Waals surface area contributed by atoms with Crippen LogP contribution in [0.1, 0.15) is 12.8 Å². The Labute approximate surface area is 167 Å². The molecule has 0 unspecified atom stereocenters. The van der Waals surface area contributed by atoms with Crippen molar-refractivity contribution in [3.8, 4) is 11.3 Å². The van der Waals surface area contributed by atoms with Gasteiger partial charge in [0.2, 0.25) is 5.91 Å². The molecule has 0 atom stereocenters. The molecule has 0 fully saturated rings. The number of carbonyl (C=O) groups excluding carboxylic acids is 1. The number of hydrogen-bond donors (Lipinski definition) is 1. The topological polar surface area (TPSA) is 76.1 Å². The van der Waals surface area contributed by atoms with E-state index in [4.69, 9.17) is 11.6 Å². The van der Waals surface area contributed by atoms with Crippen LogP contribution in [0.5, 0.6) is 0 Å². The molecule has 0 aliphatic rings. The number of hydrogen-bond acceptors (Lipinski definition) is 5. The molecule has 1 amide bonds. The summed E-state index contributed by atoms with van der Waals surface area (Å²) in [7, 11) is -3.43. The molecule has 27 heavy (non-hydrogen) atoms. The normalized spacial score (nSPS) is 11.3. The van der Waals surface area contributed by atoms with Crippen molar-refractivity contribution in [3.63, 3.8) is 0 Å². The summed E-state index contributed by atoms with van der Waals surface area (Å²) in [6.07, 6.45) is 0.334. The van der Waals surface area contributed by atoms with Crippen LogP contribution in [0.25, 0.3) is 11.3 Å². The lowest BCUT2D eigenvalue weighted by Crippen LogP contribution is -2.14. The van der Waals surface area contributed by atoms with Crippen LogP contribution in [0.2, 0.25) is 5.02 Å². The maximum absolute atomic E-state index is 12.3. The fourth-order valence-electron chi connectivity index (χ4n) is 2.44. The summed E-state index contributed by atoms with van der Waals surface area (Å²) in [5.74, 6) is -0.356. The molecule has 2 aromatic carbocycles. The quantitative estimate of drug-likeness (QED) is 0.603. The molecule has 3 rings (SSSR count). The average Bonchev–Trinajstić information content (AvgIpc) is 3.11. The molecule has 0 radical (unpaired) electrons. The first-order valence-electron chi connectivity index (χ1n) is 8.23. The summed E-state index contributed by atoms with van der Waals surface area (Å²) in [6.45, 7) is 0. The SMILES string of the molecule is O=C(CCCS(=O)(=O)c1ccc(Cl)cc1)Nc1nc(-c2ccccc2)cs1. The maximum Gasteiger partial charge on any atom is 0.226 e. The Morgan fingerprint density at radius 3 is 2.48 bits per heavy atom. The first kappa shape index (κ1) is 19.5. The molecule has 0 bridgehead atoms. The molecule has 3 aromatic rings. The van der Waals surface area contributed by atoms with Crippen molar-refractivity contribution in [2.24, 2.45) is 0 Å². The van der Waals surface area contributed by atoms with Gasteiger partial charge in [0.1, 0.15) is 0 Å². The zero-order chi connectivity index (χ0) is 19.3. The molecule has 0 aliphatic carbocycles. The van der Waals surface area contributed by atoms with Crippen molar-refractivity contribution in [1.29, 1.82) is 0 Å². The van der Waals surface area contributed by atoms with E-state index in [1.54, 1.807) is 0 Å². The third kappa shape index (κ3) is 5.38. The first-order chi connectivity index (χ1) is 12.9. The van der Waals surface area contributed by atoms with Crippen molar-refractivity contribution in [2.45, 2.75) is 17.7 Å². The zero-order valence-corrected chi connectivity index (χ0v) is 16.7. The van der Waals surface area contributed by atoms with Crippen molar-refractivity contribution in [2.75, 3.05) is 11.1 Å². The summed E-state index contributed by atoms with van der Waals surface area (Å²) in [6, 6.07) is 15.7. The number of carbonyl (C=O) groups is 1. The van der Waals surface area contributed by atoms with Gasteiger partial charge in [-0.05, 0) is 30.7 Å². The monoisotopic (exact) mass is 420 g/mol. The lowest BCUT2D eigenvalue weighted by Gasteiger charge is -2.05. The molecule has 0 aliphatic heterocycles. The van der Waals surface area contributed by atoms with Crippen molar-refractivity contribution < 1.29 is 13.2 Å². The van der Waals surface area contributed by atoms with Gasteiger partial charge < -0.3 is 5.32 Å². The second kappa shape index (κ2) is 8.65. The summed E-state index contributed by atoms with van der Waals surface area (Å²) in [4.78, 5) is 16.7. The van der Waals surface area contributed by atoms with Crippen LogP contribution in [-0.2, 0) is 14.6 Å². The van der Waals surface area contributed by atoms with Crippen LogP contribution in [0.15, 0.2) is 64.9 Å². The number of sulfone groups is 1. The number of amides is 1. The molecule has 0 spiro atoms. The number of thiazole rings is 1. The number of aromatic nitrogens is 1. The van der Waals surface area contributed by atoms with Gasteiger partial charge in [0.25, 0.3) is 0 Å². The molecule has 0 saturated heterocycles. The summed E-state index contributed by atoms with van der Waals surface area (Å²) < 4.78 is 24.5. The van der Waals surface area contributed by atoms with E-state index in [2.05, 4.69) is 10.3 Å². The van der Waals surface area contributed by atoms with E-state index in [1.165, 1.54) is 35.6 Å². The van der Waals surface area contributed by atoms with Gasteiger partial charge in [-0.2, -0.15) is 0 Å². The number of anilines is 1. The van der Waals surface area contributed by atoms with E-state index in [0.29, 0.717) is 10.2 Å². The van der Waals surface area contributed by atoms with E-state index in [0.717, 1.165) is 11.3 Å². The van der Waals surface area contributed by atoms with Crippen LogP contribution < -0.4 is 5.32 Å². The van der Waals surface area contributed by atoms with Gasteiger partial charge in [-0.3, -0.25) is 4.79 Å². The Balaban J connectivity index is 1.51. The largest absolute Gasteiger partial charge is 0.302 e. The molecular weight excluding hydrogens is 404 g/mol. The fourth-order valence-corrected chi connectivity index (χ4v) is 4.61. The van der Waals surface area contributed by atoms with E-state index in [-0.39, 0.29) is 29.4 Å². The Kier molecular flexibility index (Phi) is 6.26. The fraction of sp³-hybridized carbons (Fsp3) is 0.158. The molecule has 5 nitrogen and oxygen atoms in total. The maximum atomic E-state index is 12.3. The van der Waals surface area contributed by atoms with Gasteiger partial charge in [0, 0.05) is 22.4 Å². The van der Waals surface area contributed by atoms with Gasteiger partial charge in [-0.15, -0.1) is 11.3 Å². The summed E-state index contributed by atoms with van der Waals surface area (Å²) >= 11 is 7.11. The van der Waals surface area contributed by atoms with E-state index >= 15 is 0 Å². The summed E-state index contributed by atoms with van der Waals surface area (Å²) in [5, 5.41) is 5.57. The van der Waals surface area contributed by atoms with E-state index in [1.807, 2.05) is 35.7 Å². The van der Waals surface area contributed by atoms with Crippen molar-refractivity contribution in [1.82, 2.24) is 4.98 Å². The highest BCUT2D eigenvalue weighted by Gasteiger charge is 2.15. The molecule has 140 valence electrons. The number of halogens is 1. The van der Waals surface area contributed by atoms with Crippen molar-refractivity contribution >= 4 is 43.8 Å². The molecular formula is C19H17ClN2O3S2. The lowest BCUT2D eigenvalue weighted by molar-refractivity contribution is -0.116. The standard InChI is InChI=1S/C19H17ClN2O3S2/c20-15-8-10-16(11-9-15)27(24,25)12-4-7-18(23)22-19-21-17(13-26-19)14-5-2-1-3-6-14/h1-3,5-6,8-11,13H,4,7,12H2,(H,21,22,23). The Hall–Kier alpha value is -2.22. The Morgan fingerprint density at radius 1 is 1.07 bits per heavy atom. The zero-order valence-electron chi connectivity index (χ0n) is 14.3. The highest BCUT2D eigenvalue weighted by atomic mass is 35.5. The molecule has 1 N–H and O–H groups in total. The Bertz CT molecular complexity index is 1020. The minimum atomic E-state index is -3.43. The molecule has 1 aromatic heterocycles. The second-order valence-corrected chi connectivity index (χ2v) is 9.23. The van der Waals surface area contributed by atoms with E-state index < -0.39 is 9.84 Å². The predicted octanol–water partition coefficient (Wildman–Crippen LogP) is 4.66. The van der Waals surface area contributed by atoms with Gasteiger partial charge in [-0.1, -0.05) is 41.9 Å². The number of rotatable bonds is 7. The van der Waals surface area contributed by atoms with Crippen LogP contribution >= 0.6 is 22.9 Å². The minimum Gasteiger partial charge on any atom is -0.302 e. The van der Waals surface area contributed by atoms with Crippen molar-refractivity contribution in [3.05, 3.63) is 65.0 Å². The third-order valence-corrected chi connectivity index (χ3v) is 6.64. The van der Waals surface area contributed by atoms with E-state index in [9.17, 15) is 13.2 Å². The van der Waals surface area contributed by atoms with Crippen LogP contribution in [0.4, 0.5) is 5.13 Å². The lowest BCUT2D eigenvalue weighted by atomic mass is 10.2. The summed E-state index contributed by atoms with van der Waals surface area (Å²) in [5.41, 5.74) is 1.77. The number of benzene rings is 2. The number of nitrogens with zero attached hydrogens (tertiary/aromatic N) is 1. The number of nitrogens with one attached hydrogen (secondary N) is 1. The average molecular weight is 421 g/mol. The van der Waals surface area contributed by atoms with Crippen LogP contribution in [-0.4, -0.2) is 25.1 Å². The predicted molar refractivity (Wildman–Crippen MR) is 109 cm³/mol. The van der Waals surface area contributed by atoms with Gasteiger partial charge >= 0.3 is 0 Å². The second-order valence-electron chi connectivity index (χ2n) is 5.83. The van der Waals surface area contributed by atoms with Gasteiger partial charge in [-0.25, -0.2) is 13.4 Å². The highest BCUT2D eigenvalue weighted by molar-refractivity contribution is 7.91. The smallest absolute Gasteiger partial charge is 0.226 e. The molecule has 1 heterocycles. The van der Waals surface area contributed by atoms with Crippen LogP contribution in [0.3, 0.4) is 0 Å². The van der Waals surface area contributed by atoms with Gasteiger partial charge in [0.15, 0.2) is 15.0 Å². The minimum absolute atomic E-state index is 0.102. The Morgan fingerprint density at radius 2 is 1.78 bits per heavy atom. The third-order valence-electron chi connectivity index (χ3n) is 3.81.